The molecule has 5 nitrogen and oxygen atoms in total. The van der Waals surface area contributed by atoms with E-state index in [0.29, 0.717) is 21.6 Å². The van der Waals surface area contributed by atoms with Gasteiger partial charge in [0.1, 0.15) is 11.7 Å². The molecule has 3 aromatic rings. The lowest BCUT2D eigenvalue weighted by molar-refractivity contribution is -0.130. The minimum atomic E-state index is -1.08. The fourth-order valence-electron chi connectivity index (χ4n) is 4.51. The van der Waals surface area contributed by atoms with Gasteiger partial charge in [0, 0.05) is 30.9 Å². The summed E-state index contributed by atoms with van der Waals surface area (Å²) in [7, 11) is 0. The molecule has 5 rings (SSSR count). The summed E-state index contributed by atoms with van der Waals surface area (Å²) in [5.41, 5.74) is 1.26. The molecule has 2 heterocycles. The lowest BCUT2D eigenvalue weighted by atomic mass is 9.78. The molecule has 2 aliphatic rings. The molecule has 0 spiro atoms. The van der Waals surface area contributed by atoms with Gasteiger partial charge >= 0.3 is 0 Å². The topological polar surface area (TPSA) is 53.6 Å². The Hall–Kier alpha value is -2.13. The molecule has 0 unspecified atom stereocenters. The maximum Gasteiger partial charge on any atom is 0.236 e. The number of rotatable bonds is 3. The van der Waals surface area contributed by atoms with Gasteiger partial charge in [0.05, 0.1) is 6.04 Å². The summed E-state index contributed by atoms with van der Waals surface area (Å²) in [5, 5.41) is 7.53. The zero-order chi connectivity index (χ0) is 23.3. The number of nitrogens with one attached hydrogen (secondary N) is 2. The highest BCUT2D eigenvalue weighted by Gasteiger charge is 2.59. The zero-order valence-electron chi connectivity index (χ0n) is 17.3. The largest absolute Gasteiger partial charge is 0.467 e. The standard InChI is InChI=1S/C24H18Br2ClN3O2S/c1-24-20(22(31)28-16-8-6-15(27)7-9-16)21(18-12-14(26)5-10-19(18)32-24)29-23(33)30(24)17-4-2-3-13(25)11-17/h2-12,20-21H,1H3,(H,28,31)(H,29,33)/t20-,21-,24+/m1/s1. The molecule has 1 amide bonds. The Balaban J connectivity index is 1.63. The summed E-state index contributed by atoms with van der Waals surface area (Å²) < 4.78 is 8.39. The highest BCUT2D eigenvalue weighted by molar-refractivity contribution is 9.10. The maximum atomic E-state index is 13.8. The second kappa shape index (κ2) is 8.58. The minimum Gasteiger partial charge on any atom is -0.467 e. The van der Waals surface area contributed by atoms with E-state index in [1.54, 1.807) is 24.3 Å². The van der Waals surface area contributed by atoms with Crippen molar-refractivity contribution >= 4 is 78.1 Å². The predicted octanol–water partition coefficient (Wildman–Crippen LogP) is 6.66. The number of nitrogens with zero attached hydrogens (tertiary/aromatic N) is 1. The lowest BCUT2D eigenvalue weighted by Gasteiger charge is -2.56. The van der Waals surface area contributed by atoms with Crippen LogP contribution in [0.1, 0.15) is 18.5 Å². The average Bonchev–Trinajstić information content (AvgIpc) is 2.75. The molecule has 3 aromatic carbocycles. The van der Waals surface area contributed by atoms with Crippen LogP contribution in [0.5, 0.6) is 5.75 Å². The van der Waals surface area contributed by atoms with E-state index in [4.69, 9.17) is 28.6 Å². The molecule has 9 heteroatoms. The van der Waals surface area contributed by atoms with Gasteiger partial charge in [0.2, 0.25) is 5.91 Å². The second-order valence-electron chi connectivity index (χ2n) is 8.06. The number of fused-ring (bicyclic) bond motifs is 4. The molecular formula is C24H18Br2ClN3O2S. The third-order valence-electron chi connectivity index (χ3n) is 5.92. The first-order chi connectivity index (χ1) is 15.8. The summed E-state index contributed by atoms with van der Waals surface area (Å²) in [6.07, 6.45) is 0. The van der Waals surface area contributed by atoms with Crippen molar-refractivity contribution in [2.45, 2.75) is 18.7 Å². The van der Waals surface area contributed by atoms with Crippen molar-refractivity contribution in [3.8, 4) is 5.75 Å². The van der Waals surface area contributed by atoms with Gasteiger partial charge in [0.25, 0.3) is 0 Å². The Morgan fingerprint density at radius 2 is 1.85 bits per heavy atom. The summed E-state index contributed by atoms with van der Waals surface area (Å²) in [6, 6.07) is 20.2. The molecule has 0 aliphatic carbocycles. The van der Waals surface area contributed by atoms with Gasteiger partial charge in [-0.15, -0.1) is 0 Å². The van der Waals surface area contributed by atoms with E-state index in [0.717, 1.165) is 20.2 Å². The van der Waals surface area contributed by atoms with Crippen molar-refractivity contribution < 1.29 is 9.53 Å². The molecule has 3 atom stereocenters. The van der Waals surface area contributed by atoms with Gasteiger partial charge in [-0.1, -0.05) is 49.5 Å². The van der Waals surface area contributed by atoms with Gasteiger partial charge in [0.15, 0.2) is 10.8 Å². The van der Waals surface area contributed by atoms with Crippen LogP contribution in [0.2, 0.25) is 5.02 Å². The van der Waals surface area contributed by atoms with E-state index in [1.807, 2.05) is 54.3 Å². The van der Waals surface area contributed by atoms with Crippen LogP contribution >= 0.6 is 55.7 Å². The van der Waals surface area contributed by atoms with E-state index in [9.17, 15) is 4.79 Å². The average molecular weight is 608 g/mol. The summed E-state index contributed by atoms with van der Waals surface area (Å²) >= 11 is 18.9. The Bertz CT molecular complexity index is 1270. The Kier molecular flexibility index (Phi) is 5.89. The number of amides is 1. The SMILES string of the molecule is C[C@@]12Oc3ccc(Br)cc3[C@@H](NC(=S)N1c1cccc(Br)c1)[C@@H]2C(=O)Nc1ccc(Cl)cc1. The van der Waals surface area contributed by atoms with Gasteiger partial charge < -0.3 is 15.4 Å². The van der Waals surface area contributed by atoms with Crippen LogP contribution in [0.25, 0.3) is 0 Å². The fourth-order valence-corrected chi connectivity index (χ4v) is 5.82. The van der Waals surface area contributed by atoms with Crippen molar-refractivity contribution in [2.75, 3.05) is 10.2 Å². The summed E-state index contributed by atoms with van der Waals surface area (Å²) in [4.78, 5) is 15.6. The first-order valence-corrected chi connectivity index (χ1v) is 12.5. The zero-order valence-corrected chi connectivity index (χ0v) is 22.1. The number of carbonyl (C=O) groups is 1. The first-order valence-electron chi connectivity index (χ1n) is 10.2. The number of halogens is 3. The van der Waals surface area contributed by atoms with Crippen molar-refractivity contribution in [3.05, 3.63) is 86.3 Å². The number of ether oxygens (including phenoxy) is 1. The lowest BCUT2D eigenvalue weighted by Crippen LogP contribution is -2.72. The van der Waals surface area contributed by atoms with E-state index in [2.05, 4.69) is 42.5 Å². The summed E-state index contributed by atoms with van der Waals surface area (Å²) in [6.45, 7) is 1.91. The third kappa shape index (κ3) is 4.03. The van der Waals surface area contributed by atoms with Crippen LogP contribution in [-0.2, 0) is 4.79 Å². The Morgan fingerprint density at radius 1 is 1.12 bits per heavy atom. The van der Waals surface area contributed by atoms with Gasteiger partial charge in [-0.3, -0.25) is 9.69 Å². The molecule has 1 saturated heterocycles. The number of hydrogen-bond donors (Lipinski definition) is 2. The van der Waals surface area contributed by atoms with Crippen LogP contribution in [0.3, 0.4) is 0 Å². The number of benzene rings is 3. The third-order valence-corrected chi connectivity index (χ3v) is 7.46. The van der Waals surface area contributed by atoms with Crippen LogP contribution in [0.4, 0.5) is 11.4 Å². The molecule has 33 heavy (non-hydrogen) atoms. The first kappa shape index (κ1) is 22.7. The smallest absolute Gasteiger partial charge is 0.236 e. The molecule has 2 bridgehead atoms. The van der Waals surface area contributed by atoms with Gasteiger partial charge in [-0.2, -0.15) is 0 Å². The van der Waals surface area contributed by atoms with E-state index in [1.165, 1.54) is 0 Å². The van der Waals surface area contributed by atoms with Crippen molar-refractivity contribution in [1.82, 2.24) is 5.32 Å². The van der Waals surface area contributed by atoms with E-state index >= 15 is 0 Å². The number of carbonyl (C=O) groups excluding carboxylic acids is 1. The van der Waals surface area contributed by atoms with Crippen LogP contribution < -0.4 is 20.3 Å². The summed E-state index contributed by atoms with van der Waals surface area (Å²) in [5.74, 6) is -0.109. The number of thiocarbonyl (C=S) groups is 1. The molecule has 2 aliphatic heterocycles. The number of hydrogen-bond acceptors (Lipinski definition) is 3. The van der Waals surface area contributed by atoms with Crippen LogP contribution in [0.15, 0.2) is 75.7 Å². The number of anilines is 2. The molecular weight excluding hydrogens is 590 g/mol. The van der Waals surface area contributed by atoms with Crippen molar-refractivity contribution in [2.24, 2.45) is 5.92 Å². The molecule has 1 fully saturated rings. The van der Waals surface area contributed by atoms with Crippen LogP contribution in [0, 0.1) is 5.92 Å². The fraction of sp³-hybridized carbons (Fsp3) is 0.167. The van der Waals surface area contributed by atoms with E-state index in [-0.39, 0.29) is 11.9 Å². The Morgan fingerprint density at radius 3 is 2.58 bits per heavy atom. The van der Waals surface area contributed by atoms with Gasteiger partial charge in [-0.05, 0) is 79.8 Å². The quantitative estimate of drug-likeness (QED) is 0.326. The molecule has 0 aromatic heterocycles. The molecule has 0 saturated carbocycles. The van der Waals surface area contributed by atoms with Crippen LogP contribution in [-0.4, -0.2) is 16.7 Å². The normalized spacial score (nSPS) is 23.3. The Labute approximate surface area is 218 Å². The highest BCUT2D eigenvalue weighted by atomic mass is 79.9. The second-order valence-corrected chi connectivity index (χ2v) is 10.7. The van der Waals surface area contributed by atoms with Crippen molar-refractivity contribution in [1.29, 1.82) is 0 Å². The monoisotopic (exact) mass is 605 g/mol. The van der Waals surface area contributed by atoms with Gasteiger partial charge in [-0.25, -0.2) is 0 Å². The maximum absolute atomic E-state index is 13.8. The van der Waals surface area contributed by atoms with Crippen molar-refractivity contribution in [3.63, 3.8) is 0 Å². The minimum absolute atomic E-state index is 0.189. The molecule has 2 N–H and O–H groups in total. The highest BCUT2D eigenvalue weighted by Crippen LogP contribution is 2.50. The molecule has 168 valence electrons. The molecule has 0 radical (unpaired) electrons. The van der Waals surface area contributed by atoms with E-state index < -0.39 is 11.6 Å². The predicted molar refractivity (Wildman–Crippen MR) is 142 cm³/mol.